The first-order chi connectivity index (χ1) is 6.23. The van der Waals surface area contributed by atoms with Gasteiger partial charge in [-0.3, -0.25) is 0 Å². The van der Waals surface area contributed by atoms with Crippen molar-refractivity contribution < 1.29 is 18.4 Å². The Morgan fingerprint density at radius 3 is 3.00 bits per heavy atom. The second-order valence-electron chi connectivity index (χ2n) is 3.35. The molecule has 0 amide bonds. The van der Waals surface area contributed by atoms with Crippen LogP contribution in [0.1, 0.15) is 0 Å². The van der Waals surface area contributed by atoms with E-state index >= 15 is 0 Å². The highest BCUT2D eigenvalue weighted by Gasteiger charge is 2.60. The molecule has 2 aliphatic rings. The van der Waals surface area contributed by atoms with Gasteiger partial charge in [-0.15, -0.1) is 0 Å². The first-order valence-electron chi connectivity index (χ1n) is 4.08. The maximum Gasteiger partial charge on any atom is 0.144 e. The van der Waals surface area contributed by atoms with Gasteiger partial charge in [0.05, 0.1) is 13.2 Å². The highest BCUT2D eigenvalue weighted by atomic mass is 32.1. The minimum atomic E-state index is -0.569. The van der Waals surface area contributed by atoms with Gasteiger partial charge in [0, 0.05) is 13.1 Å². The third-order valence-electron chi connectivity index (χ3n) is 2.59. The number of methoxy groups -OCH3 is 1. The van der Waals surface area contributed by atoms with Crippen LogP contribution in [0.25, 0.3) is 0 Å². The van der Waals surface area contributed by atoms with Crippen molar-refractivity contribution in [3.8, 4) is 0 Å². The molecule has 0 N–H and O–H groups in total. The lowest BCUT2D eigenvalue weighted by Crippen LogP contribution is -2.45. The third-order valence-corrected chi connectivity index (χ3v) is 2.72. The Bertz CT molecular complexity index is 205. The van der Waals surface area contributed by atoms with Crippen molar-refractivity contribution in [2.75, 3.05) is 20.3 Å². The summed E-state index contributed by atoms with van der Waals surface area (Å²) < 4.78 is 21.0. The molecule has 2 aliphatic heterocycles. The number of thiol groups is 1. The van der Waals surface area contributed by atoms with Crippen LogP contribution >= 0.6 is 12.9 Å². The Labute approximate surface area is 83.9 Å². The van der Waals surface area contributed by atoms with E-state index < -0.39 is 11.6 Å². The van der Waals surface area contributed by atoms with E-state index in [0.29, 0.717) is 13.2 Å². The lowest BCUT2D eigenvalue weighted by atomic mass is 9.92. The van der Waals surface area contributed by atoms with E-state index in [1.54, 1.807) is 7.11 Å². The predicted octanol–water partition coefficient (Wildman–Crippen LogP) is -0.475. The van der Waals surface area contributed by atoms with E-state index in [4.69, 9.17) is 26.2 Å². The fourth-order valence-corrected chi connectivity index (χ4v) is 2.25. The van der Waals surface area contributed by atoms with Crippen LogP contribution in [-0.4, -0.2) is 52.0 Å². The van der Waals surface area contributed by atoms with Crippen molar-refractivity contribution in [3.05, 3.63) is 0 Å². The molecule has 0 aromatic carbocycles. The largest absolute Gasteiger partial charge is 0.375 e. The SMILES string of the molecule is [B][C@@H]1O[C@@]2(COS)COC1C2OC. The molecule has 2 bridgehead atoms. The van der Waals surface area contributed by atoms with Gasteiger partial charge >= 0.3 is 0 Å². The quantitative estimate of drug-likeness (QED) is 0.381. The molecule has 0 aromatic rings. The van der Waals surface area contributed by atoms with E-state index in [2.05, 4.69) is 12.9 Å². The molecular formula is C7H11BO4S. The fraction of sp³-hybridized carbons (Fsp3) is 1.00. The van der Waals surface area contributed by atoms with Gasteiger partial charge in [0.15, 0.2) is 0 Å². The monoisotopic (exact) mass is 202 g/mol. The highest BCUT2D eigenvalue weighted by molar-refractivity contribution is 7.75. The molecule has 2 rings (SSSR count). The molecular weight excluding hydrogens is 191 g/mol. The second kappa shape index (κ2) is 3.44. The molecule has 2 heterocycles. The van der Waals surface area contributed by atoms with Gasteiger partial charge in [0.25, 0.3) is 0 Å². The summed E-state index contributed by atoms with van der Waals surface area (Å²) in [6, 6.07) is -0.429. The lowest BCUT2D eigenvalue weighted by molar-refractivity contribution is -0.132. The number of ether oxygens (including phenoxy) is 3. The van der Waals surface area contributed by atoms with Crippen molar-refractivity contribution in [2.45, 2.75) is 23.8 Å². The zero-order valence-electron chi connectivity index (χ0n) is 7.30. The van der Waals surface area contributed by atoms with Crippen molar-refractivity contribution in [2.24, 2.45) is 0 Å². The average molecular weight is 202 g/mol. The highest BCUT2D eigenvalue weighted by Crippen LogP contribution is 2.40. The summed E-state index contributed by atoms with van der Waals surface area (Å²) in [5.74, 6) is 0. The molecule has 0 spiro atoms. The normalized spacial score (nSPS) is 48.6. The molecule has 6 heteroatoms. The molecule has 2 unspecified atom stereocenters. The Morgan fingerprint density at radius 1 is 1.69 bits per heavy atom. The van der Waals surface area contributed by atoms with Gasteiger partial charge in [0.1, 0.15) is 25.7 Å². The van der Waals surface area contributed by atoms with E-state index in [-0.39, 0.29) is 12.2 Å². The van der Waals surface area contributed by atoms with Crippen LogP contribution in [0.15, 0.2) is 0 Å². The molecule has 72 valence electrons. The topological polar surface area (TPSA) is 36.9 Å². The molecule has 0 saturated carbocycles. The number of hydrogen-bond donors (Lipinski definition) is 1. The summed E-state index contributed by atoms with van der Waals surface area (Å²) in [6.07, 6.45) is -0.344. The van der Waals surface area contributed by atoms with Gasteiger partial charge in [-0.1, -0.05) is 0 Å². The van der Waals surface area contributed by atoms with E-state index in [1.165, 1.54) is 0 Å². The number of hydrogen-bond acceptors (Lipinski definition) is 5. The summed E-state index contributed by atoms with van der Waals surface area (Å²) in [5, 5.41) is 0. The molecule has 2 radical (unpaired) electrons. The molecule has 0 aromatic heterocycles. The maximum atomic E-state index is 5.69. The average Bonchev–Trinajstić information content (AvgIpc) is 2.55. The van der Waals surface area contributed by atoms with Crippen LogP contribution in [0.4, 0.5) is 0 Å². The summed E-state index contributed by atoms with van der Waals surface area (Å²) in [4.78, 5) is 0. The molecule has 2 fully saturated rings. The van der Waals surface area contributed by atoms with E-state index in [9.17, 15) is 0 Å². The zero-order valence-corrected chi connectivity index (χ0v) is 8.20. The Kier molecular flexibility index (Phi) is 2.59. The van der Waals surface area contributed by atoms with Crippen LogP contribution in [0.3, 0.4) is 0 Å². The summed E-state index contributed by atoms with van der Waals surface area (Å²) >= 11 is 3.70. The van der Waals surface area contributed by atoms with Crippen LogP contribution in [-0.2, 0) is 18.4 Å². The molecule has 13 heavy (non-hydrogen) atoms. The zero-order chi connectivity index (χ0) is 9.47. The molecule has 4 nitrogen and oxygen atoms in total. The smallest absolute Gasteiger partial charge is 0.144 e. The van der Waals surface area contributed by atoms with Crippen molar-refractivity contribution in [1.29, 1.82) is 0 Å². The van der Waals surface area contributed by atoms with Crippen LogP contribution in [0.5, 0.6) is 0 Å². The van der Waals surface area contributed by atoms with Crippen molar-refractivity contribution in [3.63, 3.8) is 0 Å². The van der Waals surface area contributed by atoms with E-state index in [0.717, 1.165) is 0 Å². The molecule has 2 saturated heterocycles. The van der Waals surface area contributed by atoms with E-state index in [1.807, 2.05) is 0 Å². The molecule has 4 atom stereocenters. The van der Waals surface area contributed by atoms with Gasteiger partial charge in [-0.05, 0) is 12.9 Å². The predicted molar refractivity (Wildman–Crippen MR) is 48.8 cm³/mol. The van der Waals surface area contributed by atoms with Crippen LogP contribution < -0.4 is 0 Å². The van der Waals surface area contributed by atoms with Gasteiger partial charge < -0.3 is 18.4 Å². The minimum absolute atomic E-state index is 0.158. The van der Waals surface area contributed by atoms with Gasteiger partial charge in [-0.25, -0.2) is 0 Å². The van der Waals surface area contributed by atoms with Gasteiger partial charge in [-0.2, -0.15) is 0 Å². The Morgan fingerprint density at radius 2 is 2.46 bits per heavy atom. The fourth-order valence-electron chi connectivity index (χ4n) is 2.03. The third kappa shape index (κ3) is 1.32. The summed E-state index contributed by atoms with van der Waals surface area (Å²) in [7, 11) is 7.31. The van der Waals surface area contributed by atoms with Crippen LogP contribution in [0.2, 0.25) is 0 Å². The summed E-state index contributed by atoms with van der Waals surface area (Å²) in [6.45, 7) is 0.767. The number of rotatable bonds is 3. The first-order valence-corrected chi connectivity index (χ1v) is 4.44. The lowest BCUT2D eigenvalue weighted by Gasteiger charge is -2.29. The van der Waals surface area contributed by atoms with Crippen molar-refractivity contribution in [1.82, 2.24) is 0 Å². The minimum Gasteiger partial charge on any atom is -0.375 e. The standard InChI is InChI=1S/C7H11BO4S/c1-9-5-4-6(8)12-7(5,2-10-4)3-11-13/h4-6,13H,2-3H2,1H3/t4?,5?,6-,7-/m1/s1. The Balaban J connectivity index is 2.17. The summed E-state index contributed by atoms with van der Waals surface area (Å²) in [5.41, 5.74) is -0.569. The Hall–Kier alpha value is 0.255. The van der Waals surface area contributed by atoms with Gasteiger partial charge in [0.2, 0.25) is 0 Å². The molecule has 0 aliphatic carbocycles. The van der Waals surface area contributed by atoms with Crippen LogP contribution in [0, 0.1) is 0 Å². The van der Waals surface area contributed by atoms with Crippen molar-refractivity contribution >= 4 is 20.8 Å². The maximum absolute atomic E-state index is 5.69. The number of fused-ring (bicyclic) bond motifs is 2. The first kappa shape index (κ1) is 9.80. The second-order valence-corrected chi connectivity index (χ2v) is 3.61.